The van der Waals surface area contributed by atoms with Crippen LogP contribution in [-0.2, 0) is 16.6 Å². The van der Waals surface area contributed by atoms with E-state index in [1.165, 1.54) is 44.8 Å². The number of aromatic nitrogens is 1. The second kappa shape index (κ2) is 10.4. The van der Waals surface area contributed by atoms with Gasteiger partial charge in [0.1, 0.15) is 5.75 Å². The monoisotopic (exact) mass is 516 g/mol. The Hall–Kier alpha value is -3.18. The van der Waals surface area contributed by atoms with Crippen LogP contribution >= 0.6 is 11.6 Å². The van der Waals surface area contributed by atoms with Gasteiger partial charge in [-0.25, -0.2) is 8.42 Å². The zero-order valence-corrected chi connectivity index (χ0v) is 19.6. The van der Waals surface area contributed by atoms with E-state index in [9.17, 15) is 21.6 Å². The summed E-state index contributed by atoms with van der Waals surface area (Å²) in [5.41, 5.74) is 0.320. The number of rotatable bonds is 9. The van der Waals surface area contributed by atoms with Gasteiger partial charge >= 0.3 is 6.18 Å². The van der Waals surface area contributed by atoms with Crippen LogP contribution in [0.5, 0.6) is 23.0 Å². The molecule has 1 heterocycles. The number of methoxy groups -OCH3 is 2. The van der Waals surface area contributed by atoms with E-state index in [4.69, 9.17) is 25.8 Å². The maximum absolute atomic E-state index is 13.0. The fourth-order valence-electron chi connectivity index (χ4n) is 3.05. The summed E-state index contributed by atoms with van der Waals surface area (Å²) in [5.74, 6) is -0.994. The molecule has 0 radical (unpaired) electrons. The molecular weight excluding hydrogens is 497 g/mol. The molecule has 0 atom stereocenters. The molecule has 2 aromatic carbocycles. The molecule has 0 saturated carbocycles. The lowest BCUT2D eigenvalue weighted by Crippen LogP contribution is -2.37. The Morgan fingerprint density at radius 3 is 2.21 bits per heavy atom. The molecule has 3 rings (SSSR count). The summed E-state index contributed by atoms with van der Waals surface area (Å²) < 4.78 is 81.4. The van der Waals surface area contributed by atoms with Crippen molar-refractivity contribution in [3.05, 3.63) is 71.5 Å². The van der Waals surface area contributed by atoms with Crippen molar-refractivity contribution >= 4 is 27.3 Å². The van der Waals surface area contributed by atoms with E-state index in [1.807, 2.05) is 0 Å². The van der Waals surface area contributed by atoms with Crippen molar-refractivity contribution in [2.24, 2.45) is 0 Å². The van der Waals surface area contributed by atoms with E-state index in [1.54, 1.807) is 30.3 Å². The number of hydrogen-bond donors (Lipinski definition) is 0. The van der Waals surface area contributed by atoms with Gasteiger partial charge in [-0.3, -0.25) is 9.29 Å². The first kappa shape index (κ1) is 25.4. The minimum Gasteiger partial charge on any atom is -0.493 e. The number of nitrogens with zero attached hydrogens (tertiary/aromatic N) is 2. The molecule has 0 spiro atoms. The van der Waals surface area contributed by atoms with Gasteiger partial charge in [0, 0.05) is 12.4 Å². The summed E-state index contributed by atoms with van der Waals surface area (Å²) in [6.45, 7) is -0.372. The molecule has 0 aliphatic rings. The molecule has 182 valence electrons. The standard InChI is InChI=1S/C22H20ClF3N2O5S/c1-31-19-6-3-7-20(32-2)21(19)33-18-9-8-16(11-17(18)23)28(13-15-5-4-10-27-12-15)34(29,30)14-22(24,25)26/h3-12H,13-14H2,1-2H3. The second-order valence-corrected chi connectivity index (χ2v) is 9.25. The van der Waals surface area contributed by atoms with E-state index in [0.29, 0.717) is 21.4 Å². The molecular formula is C22H20ClF3N2O5S. The van der Waals surface area contributed by atoms with Gasteiger partial charge in [-0.15, -0.1) is 0 Å². The zero-order chi connectivity index (χ0) is 24.9. The number of anilines is 1. The third kappa shape index (κ3) is 6.23. The van der Waals surface area contributed by atoms with E-state index in [-0.39, 0.29) is 28.8 Å². The van der Waals surface area contributed by atoms with Crippen molar-refractivity contribution in [2.75, 3.05) is 24.3 Å². The number of ether oxygens (including phenoxy) is 3. The van der Waals surface area contributed by atoms with Crippen molar-refractivity contribution in [1.82, 2.24) is 4.98 Å². The third-order valence-corrected chi connectivity index (χ3v) is 6.53. The van der Waals surface area contributed by atoms with Crippen LogP contribution in [0, 0.1) is 0 Å². The molecule has 3 aromatic rings. The van der Waals surface area contributed by atoms with E-state index >= 15 is 0 Å². The van der Waals surface area contributed by atoms with Gasteiger partial charge < -0.3 is 14.2 Å². The zero-order valence-electron chi connectivity index (χ0n) is 18.0. The first-order valence-corrected chi connectivity index (χ1v) is 11.7. The third-order valence-electron chi connectivity index (χ3n) is 4.53. The lowest BCUT2D eigenvalue weighted by atomic mass is 10.2. The van der Waals surface area contributed by atoms with Crippen LogP contribution in [-0.4, -0.2) is 39.6 Å². The summed E-state index contributed by atoms with van der Waals surface area (Å²) in [4.78, 5) is 3.89. The van der Waals surface area contributed by atoms with Crippen molar-refractivity contribution in [1.29, 1.82) is 0 Å². The average molecular weight is 517 g/mol. The first-order chi connectivity index (χ1) is 16.0. The van der Waals surface area contributed by atoms with E-state index in [0.717, 1.165) is 0 Å². The SMILES string of the molecule is COc1cccc(OC)c1Oc1ccc(N(Cc2cccnc2)S(=O)(=O)CC(F)(F)F)cc1Cl. The molecule has 0 N–H and O–H groups in total. The van der Waals surface area contributed by atoms with Crippen LogP contribution in [0.4, 0.5) is 18.9 Å². The number of pyridine rings is 1. The molecule has 7 nitrogen and oxygen atoms in total. The Kier molecular flexibility index (Phi) is 7.78. The largest absolute Gasteiger partial charge is 0.493 e. The van der Waals surface area contributed by atoms with Crippen LogP contribution in [0.2, 0.25) is 5.02 Å². The average Bonchev–Trinajstić information content (AvgIpc) is 2.78. The van der Waals surface area contributed by atoms with Crippen LogP contribution < -0.4 is 18.5 Å². The normalized spacial score (nSPS) is 11.7. The van der Waals surface area contributed by atoms with E-state index in [2.05, 4.69) is 4.98 Å². The van der Waals surface area contributed by atoms with Gasteiger partial charge in [-0.05, 0) is 42.0 Å². The van der Waals surface area contributed by atoms with Crippen LogP contribution in [0.1, 0.15) is 5.56 Å². The van der Waals surface area contributed by atoms with Gasteiger partial charge in [0.25, 0.3) is 0 Å². The number of alkyl halides is 3. The number of benzene rings is 2. The maximum atomic E-state index is 13.0. The van der Waals surface area contributed by atoms with Gasteiger partial charge in [0.15, 0.2) is 17.3 Å². The molecule has 0 fully saturated rings. The Bertz CT molecular complexity index is 1220. The van der Waals surface area contributed by atoms with Crippen LogP contribution in [0.3, 0.4) is 0 Å². The minimum absolute atomic E-state index is 0.0381. The summed E-state index contributed by atoms with van der Waals surface area (Å²) in [6, 6.07) is 11.9. The van der Waals surface area contributed by atoms with Crippen molar-refractivity contribution < 1.29 is 35.8 Å². The Balaban J connectivity index is 2.00. The quantitative estimate of drug-likeness (QED) is 0.377. The molecule has 0 unspecified atom stereocenters. The van der Waals surface area contributed by atoms with Gasteiger partial charge in [0.05, 0.1) is 31.5 Å². The molecule has 0 amide bonds. The Morgan fingerprint density at radius 2 is 1.68 bits per heavy atom. The molecule has 12 heteroatoms. The van der Waals surface area contributed by atoms with Crippen LogP contribution in [0.15, 0.2) is 60.9 Å². The van der Waals surface area contributed by atoms with Crippen LogP contribution in [0.25, 0.3) is 0 Å². The van der Waals surface area contributed by atoms with E-state index < -0.39 is 22.0 Å². The lowest BCUT2D eigenvalue weighted by molar-refractivity contribution is -0.106. The number of para-hydroxylation sites is 1. The maximum Gasteiger partial charge on any atom is 0.404 e. The second-order valence-electron chi connectivity index (χ2n) is 6.95. The Morgan fingerprint density at radius 1 is 1.00 bits per heavy atom. The fraction of sp³-hybridized carbons (Fsp3) is 0.227. The highest BCUT2D eigenvalue weighted by molar-refractivity contribution is 7.92. The summed E-state index contributed by atoms with van der Waals surface area (Å²) >= 11 is 6.34. The molecule has 0 saturated heterocycles. The Labute approximate surface area is 199 Å². The first-order valence-electron chi connectivity index (χ1n) is 9.68. The number of halogens is 4. The highest BCUT2D eigenvalue weighted by Crippen LogP contribution is 2.42. The van der Waals surface area contributed by atoms with Crippen molar-refractivity contribution in [3.63, 3.8) is 0 Å². The van der Waals surface area contributed by atoms with Gasteiger partial charge in [-0.1, -0.05) is 23.7 Å². The highest BCUT2D eigenvalue weighted by Gasteiger charge is 2.39. The predicted octanol–water partition coefficient (Wildman–Crippen LogP) is 5.44. The van der Waals surface area contributed by atoms with Gasteiger partial charge in [0.2, 0.25) is 15.8 Å². The molecule has 1 aromatic heterocycles. The molecule has 0 aliphatic carbocycles. The van der Waals surface area contributed by atoms with Crippen molar-refractivity contribution in [3.8, 4) is 23.0 Å². The lowest BCUT2D eigenvalue weighted by Gasteiger charge is -2.25. The molecule has 0 aliphatic heterocycles. The summed E-state index contributed by atoms with van der Waals surface area (Å²) in [7, 11) is -1.92. The smallest absolute Gasteiger partial charge is 0.404 e. The summed E-state index contributed by atoms with van der Waals surface area (Å²) in [5, 5.41) is -0.0381. The minimum atomic E-state index is -4.93. The number of sulfonamides is 1. The fourth-order valence-corrected chi connectivity index (χ4v) is 4.61. The molecule has 0 bridgehead atoms. The topological polar surface area (TPSA) is 78.0 Å². The molecule has 34 heavy (non-hydrogen) atoms. The summed E-state index contributed by atoms with van der Waals surface area (Å²) in [6.07, 6.45) is -2.10. The predicted molar refractivity (Wildman–Crippen MR) is 121 cm³/mol. The van der Waals surface area contributed by atoms with Gasteiger partial charge in [-0.2, -0.15) is 13.2 Å². The number of hydrogen-bond acceptors (Lipinski definition) is 6. The highest BCUT2D eigenvalue weighted by atomic mass is 35.5. The van der Waals surface area contributed by atoms with Crippen molar-refractivity contribution in [2.45, 2.75) is 12.7 Å².